The summed E-state index contributed by atoms with van der Waals surface area (Å²) >= 11 is 0. The molecule has 0 saturated heterocycles. The third kappa shape index (κ3) is 2.24. The van der Waals surface area contributed by atoms with Crippen LogP contribution in [-0.2, 0) is 0 Å². The SMILES string of the molecule is C#CCC1(N)CCC(C)CC1. The maximum atomic E-state index is 6.09. The Bertz CT molecular complexity index is 158. The minimum atomic E-state index is -0.0265. The summed E-state index contributed by atoms with van der Waals surface area (Å²) < 4.78 is 0. The average Bonchev–Trinajstić information content (AvgIpc) is 1.97. The van der Waals surface area contributed by atoms with Gasteiger partial charge in [-0.2, -0.15) is 0 Å². The fourth-order valence-electron chi connectivity index (χ4n) is 1.72. The smallest absolute Gasteiger partial charge is 0.0267 e. The van der Waals surface area contributed by atoms with Crippen LogP contribution in [0.2, 0.25) is 0 Å². The zero-order valence-corrected chi connectivity index (χ0v) is 7.27. The molecule has 0 heterocycles. The number of hydrogen-bond acceptors (Lipinski definition) is 1. The molecule has 0 aromatic rings. The maximum Gasteiger partial charge on any atom is 0.0267 e. The van der Waals surface area contributed by atoms with E-state index < -0.39 is 0 Å². The van der Waals surface area contributed by atoms with E-state index in [0.29, 0.717) is 0 Å². The van der Waals surface area contributed by atoms with Gasteiger partial charge in [0.05, 0.1) is 0 Å². The van der Waals surface area contributed by atoms with Crippen LogP contribution in [0, 0.1) is 18.3 Å². The van der Waals surface area contributed by atoms with Crippen molar-refractivity contribution in [2.45, 2.75) is 44.6 Å². The molecule has 2 N–H and O–H groups in total. The lowest BCUT2D eigenvalue weighted by Gasteiger charge is -2.34. The number of terminal acetylenes is 1. The lowest BCUT2D eigenvalue weighted by atomic mass is 9.76. The summed E-state index contributed by atoms with van der Waals surface area (Å²) in [5, 5.41) is 0. The van der Waals surface area contributed by atoms with Gasteiger partial charge in [-0.1, -0.05) is 6.92 Å². The predicted octanol–water partition coefficient (Wildman–Crippen LogP) is 1.92. The maximum absolute atomic E-state index is 6.09. The molecule has 0 aromatic carbocycles. The van der Waals surface area contributed by atoms with Crippen LogP contribution in [0.25, 0.3) is 0 Å². The fraction of sp³-hybridized carbons (Fsp3) is 0.800. The molecular formula is C10H17N. The lowest BCUT2D eigenvalue weighted by Crippen LogP contribution is -2.42. The van der Waals surface area contributed by atoms with E-state index in [2.05, 4.69) is 12.8 Å². The van der Waals surface area contributed by atoms with Gasteiger partial charge in [0.2, 0.25) is 0 Å². The molecule has 1 nitrogen and oxygen atoms in total. The van der Waals surface area contributed by atoms with E-state index in [1.54, 1.807) is 0 Å². The molecule has 11 heavy (non-hydrogen) atoms. The Morgan fingerprint density at radius 1 is 1.55 bits per heavy atom. The van der Waals surface area contributed by atoms with Crippen LogP contribution in [0.15, 0.2) is 0 Å². The normalized spacial score (nSPS) is 38.1. The summed E-state index contributed by atoms with van der Waals surface area (Å²) in [6.45, 7) is 2.29. The molecule has 1 fully saturated rings. The van der Waals surface area contributed by atoms with Crippen molar-refractivity contribution in [3.05, 3.63) is 0 Å². The highest BCUT2D eigenvalue weighted by atomic mass is 14.7. The first-order valence-electron chi connectivity index (χ1n) is 4.39. The van der Waals surface area contributed by atoms with Crippen molar-refractivity contribution in [2.24, 2.45) is 11.7 Å². The van der Waals surface area contributed by atoms with Gasteiger partial charge in [-0.25, -0.2) is 0 Å². The zero-order valence-electron chi connectivity index (χ0n) is 7.27. The lowest BCUT2D eigenvalue weighted by molar-refractivity contribution is 0.249. The zero-order chi connectivity index (χ0) is 8.32. The van der Waals surface area contributed by atoms with Crippen LogP contribution < -0.4 is 5.73 Å². The van der Waals surface area contributed by atoms with Gasteiger partial charge in [-0.05, 0) is 31.6 Å². The van der Waals surface area contributed by atoms with Gasteiger partial charge in [0.25, 0.3) is 0 Å². The fourth-order valence-corrected chi connectivity index (χ4v) is 1.72. The van der Waals surface area contributed by atoms with Gasteiger partial charge >= 0.3 is 0 Å². The van der Waals surface area contributed by atoms with E-state index >= 15 is 0 Å². The molecule has 1 aliphatic carbocycles. The Morgan fingerprint density at radius 3 is 2.55 bits per heavy atom. The summed E-state index contributed by atoms with van der Waals surface area (Å²) in [7, 11) is 0. The van der Waals surface area contributed by atoms with E-state index in [0.717, 1.165) is 25.2 Å². The quantitative estimate of drug-likeness (QED) is 0.569. The highest BCUT2D eigenvalue weighted by molar-refractivity contribution is 5.00. The van der Waals surface area contributed by atoms with Crippen LogP contribution in [0.1, 0.15) is 39.0 Å². The third-order valence-corrected chi connectivity index (χ3v) is 2.72. The van der Waals surface area contributed by atoms with Gasteiger partial charge < -0.3 is 5.73 Å². The molecule has 0 radical (unpaired) electrons. The Kier molecular flexibility index (Phi) is 2.57. The molecule has 1 heteroatoms. The van der Waals surface area contributed by atoms with Gasteiger partial charge in [0.1, 0.15) is 0 Å². The van der Waals surface area contributed by atoms with Crippen LogP contribution >= 0.6 is 0 Å². The second kappa shape index (κ2) is 3.28. The van der Waals surface area contributed by atoms with Crippen LogP contribution in [-0.4, -0.2) is 5.54 Å². The van der Waals surface area contributed by atoms with E-state index in [1.807, 2.05) is 0 Å². The van der Waals surface area contributed by atoms with Gasteiger partial charge in [-0.3, -0.25) is 0 Å². The molecule has 1 aliphatic rings. The van der Waals surface area contributed by atoms with E-state index in [1.165, 1.54) is 12.8 Å². The van der Waals surface area contributed by atoms with Gasteiger partial charge in [-0.15, -0.1) is 12.3 Å². The van der Waals surface area contributed by atoms with E-state index in [-0.39, 0.29) is 5.54 Å². The minimum absolute atomic E-state index is 0.0265. The topological polar surface area (TPSA) is 26.0 Å². The van der Waals surface area contributed by atoms with Crippen LogP contribution in [0.3, 0.4) is 0 Å². The Labute approximate surface area is 69.4 Å². The molecule has 0 atom stereocenters. The van der Waals surface area contributed by atoms with Crippen molar-refractivity contribution in [1.82, 2.24) is 0 Å². The van der Waals surface area contributed by atoms with Crippen molar-refractivity contribution in [1.29, 1.82) is 0 Å². The standard InChI is InChI=1S/C10H17N/c1-3-6-10(11)7-4-9(2)5-8-10/h1,9H,4-8,11H2,2H3. The van der Waals surface area contributed by atoms with Gasteiger partial charge in [0.15, 0.2) is 0 Å². The molecule has 0 spiro atoms. The largest absolute Gasteiger partial charge is 0.324 e. The van der Waals surface area contributed by atoms with Crippen molar-refractivity contribution in [3.8, 4) is 12.3 Å². The van der Waals surface area contributed by atoms with Crippen LogP contribution in [0.4, 0.5) is 0 Å². The highest BCUT2D eigenvalue weighted by Gasteiger charge is 2.28. The first kappa shape index (κ1) is 8.62. The molecule has 0 bridgehead atoms. The number of hydrogen-bond donors (Lipinski definition) is 1. The van der Waals surface area contributed by atoms with Crippen molar-refractivity contribution in [2.75, 3.05) is 0 Å². The summed E-state index contributed by atoms with van der Waals surface area (Å²) in [5.74, 6) is 3.52. The van der Waals surface area contributed by atoms with Crippen molar-refractivity contribution < 1.29 is 0 Å². The molecular weight excluding hydrogens is 134 g/mol. The molecule has 0 amide bonds. The Hall–Kier alpha value is -0.480. The molecule has 1 rings (SSSR count). The first-order chi connectivity index (χ1) is 5.16. The summed E-state index contributed by atoms with van der Waals surface area (Å²) in [6, 6.07) is 0. The Balaban J connectivity index is 2.43. The molecule has 0 aliphatic heterocycles. The van der Waals surface area contributed by atoms with E-state index in [9.17, 15) is 0 Å². The molecule has 1 saturated carbocycles. The second-order valence-corrected chi connectivity index (χ2v) is 3.93. The Morgan fingerprint density at radius 2 is 2.09 bits per heavy atom. The van der Waals surface area contributed by atoms with Crippen LogP contribution in [0.5, 0.6) is 0 Å². The molecule has 0 aromatic heterocycles. The average molecular weight is 151 g/mol. The highest BCUT2D eigenvalue weighted by Crippen LogP contribution is 2.31. The van der Waals surface area contributed by atoms with Crippen molar-refractivity contribution >= 4 is 0 Å². The summed E-state index contributed by atoms with van der Waals surface area (Å²) in [4.78, 5) is 0. The summed E-state index contributed by atoms with van der Waals surface area (Å²) in [5.41, 5.74) is 6.06. The second-order valence-electron chi connectivity index (χ2n) is 3.93. The molecule has 0 unspecified atom stereocenters. The predicted molar refractivity (Wildman–Crippen MR) is 48.0 cm³/mol. The number of rotatable bonds is 1. The number of nitrogens with two attached hydrogens (primary N) is 1. The minimum Gasteiger partial charge on any atom is -0.324 e. The first-order valence-corrected chi connectivity index (χ1v) is 4.39. The molecule has 62 valence electrons. The van der Waals surface area contributed by atoms with Crippen molar-refractivity contribution in [3.63, 3.8) is 0 Å². The summed E-state index contributed by atoms with van der Waals surface area (Å²) in [6.07, 6.45) is 10.7. The van der Waals surface area contributed by atoms with E-state index in [4.69, 9.17) is 12.2 Å². The van der Waals surface area contributed by atoms with Gasteiger partial charge in [0, 0.05) is 12.0 Å². The third-order valence-electron chi connectivity index (χ3n) is 2.72. The monoisotopic (exact) mass is 151 g/mol.